The molecule has 3 aromatic rings. The fourth-order valence-corrected chi connectivity index (χ4v) is 3.60. The molecule has 0 bridgehead atoms. The Morgan fingerprint density at radius 1 is 0.857 bits per heavy atom. The van der Waals surface area contributed by atoms with E-state index in [9.17, 15) is 12.8 Å². The highest BCUT2D eigenvalue weighted by molar-refractivity contribution is 7.92. The average Bonchev–Trinajstić information content (AvgIpc) is 2.63. The van der Waals surface area contributed by atoms with Crippen molar-refractivity contribution < 1.29 is 12.8 Å². The van der Waals surface area contributed by atoms with E-state index >= 15 is 0 Å². The van der Waals surface area contributed by atoms with Crippen molar-refractivity contribution in [2.45, 2.75) is 31.1 Å². The van der Waals surface area contributed by atoms with Gasteiger partial charge in [0.05, 0.1) is 16.8 Å². The highest BCUT2D eigenvalue weighted by atomic mass is 32.2. The first-order valence-electron chi connectivity index (χ1n) is 8.75. The van der Waals surface area contributed by atoms with Crippen LogP contribution in [0.2, 0.25) is 0 Å². The minimum Gasteiger partial charge on any atom is -0.340 e. The van der Waals surface area contributed by atoms with Crippen LogP contribution >= 0.6 is 0 Å². The largest absolute Gasteiger partial charge is 0.340 e. The van der Waals surface area contributed by atoms with Crippen LogP contribution in [-0.2, 0) is 15.4 Å². The number of halogens is 1. The molecule has 5 nitrogen and oxygen atoms in total. The lowest BCUT2D eigenvalue weighted by atomic mass is 9.87. The van der Waals surface area contributed by atoms with Gasteiger partial charge in [-0.3, -0.25) is 4.72 Å². The Morgan fingerprint density at radius 3 is 2.00 bits per heavy atom. The van der Waals surface area contributed by atoms with Crippen molar-refractivity contribution >= 4 is 27.2 Å². The first-order chi connectivity index (χ1) is 13.1. The summed E-state index contributed by atoms with van der Waals surface area (Å²) in [5, 5.41) is 3.18. The van der Waals surface area contributed by atoms with Crippen LogP contribution in [0.5, 0.6) is 0 Å². The van der Waals surface area contributed by atoms with E-state index in [0.717, 1.165) is 17.8 Å². The third-order valence-corrected chi connectivity index (χ3v) is 5.56. The van der Waals surface area contributed by atoms with Crippen LogP contribution in [0.3, 0.4) is 0 Å². The molecule has 0 fully saturated rings. The van der Waals surface area contributed by atoms with Crippen molar-refractivity contribution in [3.63, 3.8) is 0 Å². The molecule has 28 heavy (non-hydrogen) atoms. The molecule has 0 unspecified atom stereocenters. The maximum atomic E-state index is 13.0. The highest BCUT2D eigenvalue weighted by Crippen LogP contribution is 2.25. The van der Waals surface area contributed by atoms with Crippen molar-refractivity contribution in [3.05, 3.63) is 78.2 Å². The van der Waals surface area contributed by atoms with Crippen molar-refractivity contribution in [2.75, 3.05) is 10.0 Å². The molecule has 0 spiro atoms. The van der Waals surface area contributed by atoms with E-state index in [4.69, 9.17) is 0 Å². The van der Waals surface area contributed by atoms with Gasteiger partial charge >= 0.3 is 0 Å². The molecule has 0 atom stereocenters. The highest BCUT2D eigenvalue weighted by Gasteiger charge is 2.15. The van der Waals surface area contributed by atoms with Gasteiger partial charge in [0, 0.05) is 5.69 Å². The van der Waals surface area contributed by atoms with Crippen LogP contribution < -0.4 is 10.0 Å². The molecular weight excluding hydrogens is 377 g/mol. The van der Waals surface area contributed by atoms with Gasteiger partial charge in [-0.15, -0.1) is 0 Å². The first kappa shape index (κ1) is 19.8. The van der Waals surface area contributed by atoms with Crippen molar-refractivity contribution in [1.29, 1.82) is 0 Å². The average molecular weight is 399 g/mol. The number of pyridine rings is 1. The third-order valence-electron chi connectivity index (χ3n) is 4.16. The van der Waals surface area contributed by atoms with Crippen LogP contribution in [0.15, 0.2) is 71.8 Å². The summed E-state index contributed by atoms with van der Waals surface area (Å²) in [6.45, 7) is 6.47. The zero-order valence-corrected chi connectivity index (χ0v) is 16.7. The summed E-state index contributed by atoms with van der Waals surface area (Å²) in [5.41, 5.74) is 2.52. The molecule has 1 heterocycles. The third kappa shape index (κ3) is 4.86. The number of hydrogen-bond acceptors (Lipinski definition) is 4. The Balaban J connectivity index is 1.69. The van der Waals surface area contributed by atoms with E-state index in [-0.39, 0.29) is 10.3 Å². The Hall–Kier alpha value is -2.93. The molecule has 7 heteroatoms. The molecule has 146 valence electrons. The van der Waals surface area contributed by atoms with Crippen LogP contribution in [0.25, 0.3) is 0 Å². The smallest absolute Gasteiger partial charge is 0.261 e. The number of sulfonamides is 1. The van der Waals surface area contributed by atoms with Gasteiger partial charge in [-0.1, -0.05) is 32.9 Å². The SMILES string of the molecule is CC(C)(C)c1ccc(Nc2ccc(NS(=O)(=O)c3ccc(F)cc3)cn2)cc1. The quantitative estimate of drug-likeness (QED) is 0.629. The number of nitrogens with zero attached hydrogens (tertiary/aromatic N) is 1. The summed E-state index contributed by atoms with van der Waals surface area (Å²) in [4.78, 5) is 4.22. The Kier molecular flexibility index (Phi) is 5.38. The summed E-state index contributed by atoms with van der Waals surface area (Å²) in [5.74, 6) is 0.0971. The van der Waals surface area contributed by atoms with Gasteiger partial charge in [0.25, 0.3) is 10.0 Å². The maximum absolute atomic E-state index is 13.0. The van der Waals surface area contributed by atoms with E-state index < -0.39 is 15.8 Å². The molecule has 0 aliphatic rings. The fraction of sp³-hybridized carbons (Fsp3) is 0.190. The topological polar surface area (TPSA) is 71.1 Å². The van der Waals surface area contributed by atoms with Gasteiger partial charge < -0.3 is 5.32 Å². The number of nitrogens with one attached hydrogen (secondary N) is 2. The lowest BCUT2D eigenvalue weighted by Crippen LogP contribution is -2.13. The van der Waals surface area contributed by atoms with E-state index in [0.29, 0.717) is 11.5 Å². The van der Waals surface area contributed by atoms with E-state index in [1.165, 1.54) is 23.9 Å². The number of benzene rings is 2. The zero-order valence-electron chi connectivity index (χ0n) is 15.9. The molecule has 0 saturated heterocycles. The van der Waals surface area contributed by atoms with Crippen molar-refractivity contribution in [1.82, 2.24) is 4.98 Å². The molecule has 2 aromatic carbocycles. The predicted molar refractivity (Wildman–Crippen MR) is 110 cm³/mol. The lowest BCUT2D eigenvalue weighted by Gasteiger charge is -2.19. The second-order valence-corrected chi connectivity index (χ2v) is 9.13. The van der Waals surface area contributed by atoms with Gasteiger partial charge in [-0.05, 0) is 59.5 Å². The molecular formula is C21H22FN3O2S. The van der Waals surface area contributed by atoms with Crippen molar-refractivity contribution in [3.8, 4) is 0 Å². The van der Waals surface area contributed by atoms with Crippen LogP contribution in [0.4, 0.5) is 21.6 Å². The van der Waals surface area contributed by atoms with Gasteiger partial charge in [0.1, 0.15) is 11.6 Å². The Bertz CT molecular complexity index is 1040. The maximum Gasteiger partial charge on any atom is 0.261 e. The van der Waals surface area contributed by atoms with Gasteiger partial charge in [0.15, 0.2) is 0 Å². The number of rotatable bonds is 5. The molecule has 0 saturated carbocycles. The number of hydrogen-bond donors (Lipinski definition) is 2. The van der Waals surface area contributed by atoms with Gasteiger partial charge in [-0.25, -0.2) is 17.8 Å². The lowest BCUT2D eigenvalue weighted by molar-refractivity contribution is 0.590. The first-order valence-corrected chi connectivity index (χ1v) is 10.2. The second-order valence-electron chi connectivity index (χ2n) is 7.44. The van der Waals surface area contributed by atoms with Gasteiger partial charge in [0.2, 0.25) is 0 Å². The molecule has 2 N–H and O–H groups in total. The Morgan fingerprint density at radius 2 is 1.46 bits per heavy atom. The Labute approximate surface area is 164 Å². The minimum atomic E-state index is -3.80. The van der Waals surface area contributed by atoms with Crippen LogP contribution in [0, 0.1) is 5.82 Å². The summed E-state index contributed by atoms with van der Waals surface area (Å²) < 4.78 is 40.1. The van der Waals surface area contributed by atoms with Crippen LogP contribution in [-0.4, -0.2) is 13.4 Å². The van der Waals surface area contributed by atoms with Gasteiger partial charge in [-0.2, -0.15) is 0 Å². The minimum absolute atomic E-state index is 0.0185. The normalized spacial score (nSPS) is 11.9. The summed E-state index contributed by atoms with van der Waals surface area (Å²) in [6.07, 6.45) is 1.42. The fourth-order valence-electron chi connectivity index (χ4n) is 2.56. The molecule has 0 radical (unpaired) electrons. The summed E-state index contributed by atoms with van der Waals surface area (Å²) in [6, 6.07) is 16.0. The monoisotopic (exact) mass is 399 g/mol. The molecule has 0 aliphatic heterocycles. The van der Waals surface area contributed by atoms with Crippen LogP contribution in [0.1, 0.15) is 26.3 Å². The molecule has 1 aromatic heterocycles. The number of aromatic nitrogens is 1. The molecule has 0 aliphatic carbocycles. The van der Waals surface area contributed by atoms with E-state index in [1.54, 1.807) is 12.1 Å². The molecule has 3 rings (SSSR count). The predicted octanol–water partition coefficient (Wildman–Crippen LogP) is 5.06. The van der Waals surface area contributed by atoms with E-state index in [1.807, 2.05) is 12.1 Å². The zero-order chi connectivity index (χ0) is 20.4. The standard InChI is InChI=1S/C21H22FN3O2S/c1-21(2,3)15-4-8-17(9-5-15)24-20-13-10-18(14-23-20)25-28(26,27)19-11-6-16(22)7-12-19/h4-14,25H,1-3H3,(H,23,24). The summed E-state index contributed by atoms with van der Waals surface area (Å²) >= 11 is 0. The second kappa shape index (κ2) is 7.59. The van der Waals surface area contributed by atoms with E-state index in [2.05, 4.69) is 47.9 Å². The van der Waals surface area contributed by atoms with Crippen molar-refractivity contribution in [2.24, 2.45) is 0 Å². The summed E-state index contributed by atoms with van der Waals surface area (Å²) in [7, 11) is -3.80. The number of anilines is 3. The molecule has 0 amide bonds.